The molecule has 0 aromatic heterocycles. The number of carboxylic acid groups (broad SMARTS) is 1. The average Bonchev–Trinajstić information content (AvgIpc) is 3.11. The normalized spacial score (nSPS) is 13.0. The predicted molar refractivity (Wildman–Crippen MR) is 214 cm³/mol. The van der Waals surface area contributed by atoms with Gasteiger partial charge in [0.2, 0.25) is 0 Å². The lowest BCUT2D eigenvalue weighted by molar-refractivity contribution is -0.870. The van der Waals surface area contributed by atoms with E-state index in [9.17, 15) is 19.5 Å². The van der Waals surface area contributed by atoms with Crippen LogP contribution in [0.25, 0.3) is 0 Å². The molecule has 0 aliphatic heterocycles. The Morgan fingerprint density at radius 3 is 1.40 bits per heavy atom. The van der Waals surface area contributed by atoms with Crippen molar-refractivity contribution in [3.8, 4) is 0 Å². The molecule has 0 amide bonds. The standard InChI is InChI=1S/C44H83NO8/c1-6-8-10-12-13-14-15-16-17-18-19-20-21-22-23-24-25-26-27-28-29-31-33-35-42(47)53-40(38-51-41(46)34-32-30-11-9-7-2)39-52-44(43(48)49)50-37-36-45(3,4)5/h18-19,40,44H,6-17,20-39H2,1-5H3/b19-18-. The van der Waals surface area contributed by atoms with Crippen LogP contribution in [0.5, 0.6) is 0 Å². The number of esters is 2. The molecule has 0 saturated carbocycles. The molecule has 0 heterocycles. The van der Waals surface area contributed by atoms with E-state index in [1.165, 1.54) is 116 Å². The molecule has 0 N–H and O–H groups in total. The molecule has 0 fully saturated rings. The van der Waals surface area contributed by atoms with Crippen molar-refractivity contribution in [2.75, 3.05) is 47.5 Å². The van der Waals surface area contributed by atoms with Gasteiger partial charge in [-0.3, -0.25) is 9.59 Å². The Balaban J connectivity index is 4.15. The average molecular weight is 754 g/mol. The number of hydrogen-bond acceptors (Lipinski definition) is 8. The van der Waals surface area contributed by atoms with E-state index in [0.717, 1.165) is 44.9 Å². The van der Waals surface area contributed by atoms with Crippen LogP contribution in [0.2, 0.25) is 0 Å². The topological polar surface area (TPSA) is 111 Å². The fourth-order valence-corrected chi connectivity index (χ4v) is 6.06. The van der Waals surface area contributed by atoms with E-state index in [-0.39, 0.29) is 32.2 Å². The monoisotopic (exact) mass is 754 g/mol. The van der Waals surface area contributed by atoms with Crippen molar-refractivity contribution in [1.82, 2.24) is 0 Å². The Bertz CT molecular complexity index is 887. The molecule has 0 rings (SSSR count). The van der Waals surface area contributed by atoms with Gasteiger partial charge in [0, 0.05) is 12.8 Å². The van der Waals surface area contributed by atoms with Crippen molar-refractivity contribution < 1.29 is 42.9 Å². The molecule has 0 aliphatic carbocycles. The summed E-state index contributed by atoms with van der Waals surface area (Å²) in [7, 11) is 5.90. The van der Waals surface area contributed by atoms with E-state index in [1.54, 1.807) is 0 Å². The van der Waals surface area contributed by atoms with Crippen LogP contribution in [-0.4, -0.2) is 82.3 Å². The molecule has 2 unspecified atom stereocenters. The van der Waals surface area contributed by atoms with Crippen molar-refractivity contribution in [1.29, 1.82) is 0 Å². The maximum Gasteiger partial charge on any atom is 0.306 e. The first-order valence-electron chi connectivity index (χ1n) is 21.8. The van der Waals surface area contributed by atoms with Crippen LogP contribution in [0.3, 0.4) is 0 Å². The Morgan fingerprint density at radius 1 is 0.547 bits per heavy atom. The van der Waals surface area contributed by atoms with Crippen molar-refractivity contribution in [2.45, 2.75) is 206 Å². The number of hydrogen-bond donors (Lipinski definition) is 0. The zero-order valence-corrected chi connectivity index (χ0v) is 35.2. The summed E-state index contributed by atoms with van der Waals surface area (Å²) in [5.74, 6) is -2.29. The minimum absolute atomic E-state index is 0.150. The third kappa shape index (κ3) is 38.1. The van der Waals surface area contributed by atoms with Crippen molar-refractivity contribution >= 4 is 17.9 Å². The highest BCUT2D eigenvalue weighted by atomic mass is 16.7. The summed E-state index contributed by atoms with van der Waals surface area (Å²) in [5, 5.41) is 11.6. The van der Waals surface area contributed by atoms with Gasteiger partial charge in [0.1, 0.15) is 13.2 Å². The lowest BCUT2D eigenvalue weighted by Crippen LogP contribution is -2.44. The summed E-state index contributed by atoms with van der Waals surface area (Å²) in [5.41, 5.74) is 0. The first-order valence-corrected chi connectivity index (χ1v) is 21.8. The summed E-state index contributed by atoms with van der Waals surface area (Å²) in [6, 6.07) is 0. The number of nitrogens with zero attached hydrogens (tertiary/aromatic N) is 1. The number of carbonyl (C=O) groups is 3. The summed E-state index contributed by atoms with van der Waals surface area (Å²) in [6.45, 7) is 4.65. The molecule has 0 bridgehead atoms. The molecule has 2 atom stereocenters. The highest BCUT2D eigenvalue weighted by Crippen LogP contribution is 2.15. The number of allylic oxidation sites excluding steroid dienone is 2. The minimum Gasteiger partial charge on any atom is -0.545 e. The quantitative estimate of drug-likeness (QED) is 0.0200. The number of unbranched alkanes of at least 4 members (excludes halogenated alkanes) is 23. The Morgan fingerprint density at radius 2 is 0.962 bits per heavy atom. The largest absolute Gasteiger partial charge is 0.545 e. The first kappa shape index (κ1) is 51.0. The van der Waals surface area contributed by atoms with Gasteiger partial charge >= 0.3 is 11.9 Å². The van der Waals surface area contributed by atoms with Crippen LogP contribution < -0.4 is 5.11 Å². The molecule has 9 nitrogen and oxygen atoms in total. The lowest BCUT2D eigenvalue weighted by atomic mass is 10.0. The van der Waals surface area contributed by atoms with Crippen LogP contribution in [0.4, 0.5) is 0 Å². The molecular weight excluding hydrogens is 670 g/mol. The molecule has 9 heteroatoms. The number of quaternary nitrogens is 1. The molecule has 0 saturated heterocycles. The second-order valence-electron chi connectivity index (χ2n) is 16.0. The van der Waals surface area contributed by atoms with Gasteiger partial charge in [0.05, 0.1) is 40.3 Å². The highest BCUT2D eigenvalue weighted by Gasteiger charge is 2.21. The number of carboxylic acids is 1. The van der Waals surface area contributed by atoms with E-state index in [0.29, 0.717) is 23.9 Å². The van der Waals surface area contributed by atoms with Gasteiger partial charge in [0.25, 0.3) is 0 Å². The number of carbonyl (C=O) groups excluding carboxylic acids is 3. The number of aliphatic carboxylic acids is 1. The second-order valence-corrected chi connectivity index (χ2v) is 16.0. The third-order valence-corrected chi connectivity index (χ3v) is 9.51. The number of rotatable bonds is 40. The van der Waals surface area contributed by atoms with Crippen LogP contribution in [0.15, 0.2) is 12.2 Å². The molecule has 312 valence electrons. The van der Waals surface area contributed by atoms with E-state index in [2.05, 4.69) is 26.0 Å². The predicted octanol–water partition coefficient (Wildman–Crippen LogP) is 9.78. The summed E-state index contributed by atoms with van der Waals surface area (Å²) >= 11 is 0. The second kappa shape index (κ2) is 37.0. The van der Waals surface area contributed by atoms with Gasteiger partial charge in [-0.1, -0.05) is 154 Å². The van der Waals surface area contributed by atoms with Crippen LogP contribution in [0, 0.1) is 0 Å². The van der Waals surface area contributed by atoms with E-state index in [1.807, 2.05) is 21.1 Å². The molecule has 53 heavy (non-hydrogen) atoms. The van der Waals surface area contributed by atoms with Crippen molar-refractivity contribution in [3.05, 3.63) is 12.2 Å². The van der Waals surface area contributed by atoms with Crippen LogP contribution in [0.1, 0.15) is 194 Å². The van der Waals surface area contributed by atoms with Gasteiger partial charge in [-0.2, -0.15) is 0 Å². The van der Waals surface area contributed by atoms with Crippen molar-refractivity contribution in [3.63, 3.8) is 0 Å². The van der Waals surface area contributed by atoms with Gasteiger partial charge in [-0.25, -0.2) is 0 Å². The molecule has 0 radical (unpaired) electrons. The maximum atomic E-state index is 12.7. The van der Waals surface area contributed by atoms with Crippen LogP contribution >= 0.6 is 0 Å². The zero-order chi connectivity index (χ0) is 39.3. The number of ether oxygens (including phenoxy) is 4. The highest BCUT2D eigenvalue weighted by molar-refractivity contribution is 5.70. The van der Waals surface area contributed by atoms with E-state index < -0.39 is 24.3 Å². The summed E-state index contributed by atoms with van der Waals surface area (Å²) in [6.07, 6.45) is 34.4. The van der Waals surface area contributed by atoms with Gasteiger partial charge in [-0.05, 0) is 38.5 Å². The first-order chi connectivity index (χ1) is 25.6. The smallest absolute Gasteiger partial charge is 0.306 e. The molecule has 0 spiro atoms. The fourth-order valence-electron chi connectivity index (χ4n) is 6.06. The number of likely N-dealkylation sites (N-methyl/N-ethyl adjacent to an activating group) is 1. The molecule has 0 aromatic rings. The maximum absolute atomic E-state index is 12.7. The third-order valence-electron chi connectivity index (χ3n) is 9.51. The lowest BCUT2D eigenvalue weighted by Gasteiger charge is -2.26. The van der Waals surface area contributed by atoms with Crippen molar-refractivity contribution in [2.24, 2.45) is 0 Å². The van der Waals surface area contributed by atoms with E-state index >= 15 is 0 Å². The van der Waals surface area contributed by atoms with Gasteiger partial charge in [0.15, 0.2) is 12.4 Å². The Hall–Kier alpha value is -1.97. The fraction of sp³-hybridized carbons (Fsp3) is 0.886. The van der Waals surface area contributed by atoms with E-state index in [4.69, 9.17) is 18.9 Å². The summed E-state index contributed by atoms with van der Waals surface area (Å²) in [4.78, 5) is 36.6. The Kier molecular flexibility index (Phi) is 35.6. The summed E-state index contributed by atoms with van der Waals surface area (Å²) < 4.78 is 22.4. The molecule has 0 aliphatic rings. The molecule has 0 aromatic carbocycles. The molecular formula is C44H83NO8. The minimum atomic E-state index is -1.61. The van der Waals surface area contributed by atoms with Gasteiger partial charge < -0.3 is 33.3 Å². The SMILES string of the molecule is CCCCCCCCCC/C=C\CCCCCCCCCCCCCC(=O)OC(COC(=O)CCCCCCC)COC(OCC[N+](C)(C)C)C(=O)[O-]. The van der Waals surface area contributed by atoms with Crippen LogP contribution in [-0.2, 0) is 33.3 Å². The Labute approximate surface area is 325 Å². The van der Waals surface area contributed by atoms with Gasteiger partial charge in [-0.15, -0.1) is 0 Å². The zero-order valence-electron chi connectivity index (χ0n) is 35.2.